The van der Waals surface area contributed by atoms with E-state index in [-0.39, 0.29) is 17.2 Å². The lowest BCUT2D eigenvalue weighted by molar-refractivity contribution is -0.137. The molecule has 2 heterocycles. The van der Waals surface area contributed by atoms with E-state index in [2.05, 4.69) is 24.6 Å². The predicted molar refractivity (Wildman–Crippen MR) is 77.8 cm³/mol. The third kappa shape index (κ3) is 3.31. The Bertz CT molecular complexity index is 928. The SMILES string of the molecule is NCCCc1nonc1-c1noc(=O)n1-c1cccc(C(F)(F)F)c1. The van der Waals surface area contributed by atoms with Crippen molar-refractivity contribution in [3.05, 3.63) is 46.1 Å². The number of aryl methyl sites for hydroxylation is 1. The summed E-state index contributed by atoms with van der Waals surface area (Å²) in [5.41, 5.74) is 4.95. The third-order valence-electron chi connectivity index (χ3n) is 3.42. The van der Waals surface area contributed by atoms with Crippen molar-refractivity contribution in [3.8, 4) is 17.2 Å². The molecule has 0 aliphatic heterocycles. The molecule has 25 heavy (non-hydrogen) atoms. The van der Waals surface area contributed by atoms with Crippen molar-refractivity contribution in [1.82, 2.24) is 20.0 Å². The van der Waals surface area contributed by atoms with Crippen LogP contribution in [0.1, 0.15) is 17.7 Å². The molecule has 11 heteroatoms. The molecule has 0 saturated heterocycles. The van der Waals surface area contributed by atoms with Gasteiger partial charge in [0.05, 0.1) is 11.3 Å². The lowest BCUT2D eigenvalue weighted by atomic mass is 10.1. The number of halogens is 3. The monoisotopic (exact) mass is 355 g/mol. The van der Waals surface area contributed by atoms with Crippen molar-refractivity contribution < 1.29 is 22.3 Å². The minimum absolute atomic E-state index is 0.0659. The van der Waals surface area contributed by atoms with Gasteiger partial charge in [-0.3, -0.25) is 4.52 Å². The second-order valence-corrected chi connectivity index (χ2v) is 5.11. The van der Waals surface area contributed by atoms with E-state index >= 15 is 0 Å². The van der Waals surface area contributed by atoms with Gasteiger partial charge in [0.2, 0.25) is 5.82 Å². The van der Waals surface area contributed by atoms with Crippen molar-refractivity contribution in [1.29, 1.82) is 0 Å². The average Bonchev–Trinajstić information content (AvgIpc) is 3.18. The quantitative estimate of drug-likeness (QED) is 0.742. The molecular weight excluding hydrogens is 343 g/mol. The van der Waals surface area contributed by atoms with E-state index in [1.54, 1.807) is 0 Å². The highest BCUT2D eigenvalue weighted by atomic mass is 19.4. The van der Waals surface area contributed by atoms with Gasteiger partial charge < -0.3 is 5.73 Å². The molecule has 0 aliphatic rings. The van der Waals surface area contributed by atoms with Crippen molar-refractivity contribution in [2.24, 2.45) is 5.73 Å². The van der Waals surface area contributed by atoms with Gasteiger partial charge in [0.15, 0.2) is 5.69 Å². The van der Waals surface area contributed by atoms with Crippen molar-refractivity contribution >= 4 is 0 Å². The molecule has 1 aromatic carbocycles. The Labute approximate surface area is 138 Å². The van der Waals surface area contributed by atoms with Gasteiger partial charge in [-0.25, -0.2) is 14.0 Å². The summed E-state index contributed by atoms with van der Waals surface area (Å²) >= 11 is 0. The van der Waals surface area contributed by atoms with E-state index in [9.17, 15) is 18.0 Å². The standard InChI is InChI=1S/C14H12F3N5O3/c15-14(16,17)8-3-1-4-9(7-8)22-12(21-24-13(22)23)11-10(5-2-6-18)19-25-20-11/h1,3-4,7H,2,5-6,18H2. The molecule has 132 valence electrons. The van der Waals surface area contributed by atoms with Crippen LogP contribution in [-0.2, 0) is 12.6 Å². The summed E-state index contributed by atoms with van der Waals surface area (Å²) in [6.07, 6.45) is -3.58. The van der Waals surface area contributed by atoms with Crippen LogP contribution in [0.5, 0.6) is 0 Å². The van der Waals surface area contributed by atoms with Crippen LogP contribution in [0.15, 0.2) is 38.2 Å². The Kier molecular flexibility index (Phi) is 4.40. The molecule has 0 fully saturated rings. The van der Waals surface area contributed by atoms with E-state index < -0.39 is 17.5 Å². The molecule has 2 aromatic heterocycles. The first kappa shape index (κ1) is 16.9. The summed E-state index contributed by atoms with van der Waals surface area (Å²) in [7, 11) is 0. The number of alkyl halides is 3. The van der Waals surface area contributed by atoms with Crippen LogP contribution >= 0.6 is 0 Å². The zero-order chi connectivity index (χ0) is 18.0. The molecule has 0 spiro atoms. The second kappa shape index (κ2) is 6.51. The fourth-order valence-corrected chi connectivity index (χ4v) is 2.26. The third-order valence-corrected chi connectivity index (χ3v) is 3.42. The fraction of sp³-hybridized carbons (Fsp3) is 0.286. The Morgan fingerprint density at radius 2 is 2.00 bits per heavy atom. The first-order chi connectivity index (χ1) is 11.9. The normalized spacial score (nSPS) is 11.8. The summed E-state index contributed by atoms with van der Waals surface area (Å²) in [6.45, 7) is 0.394. The summed E-state index contributed by atoms with van der Waals surface area (Å²) in [6, 6.07) is 4.21. The van der Waals surface area contributed by atoms with Gasteiger partial charge in [0, 0.05) is 0 Å². The van der Waals surface area contributed by atoms with Gasteiger partial charge in [-0.2, -0.15) is 13.2 Å². The molecule has 0 saturated carbocycles. The van der Waals surface area contributed by atoms with E-state index in [4.69, 9.17) is 5.73 Å². The molecule has 3 aromatic rings. The summed E-state index contributed by atoms with van der Waals surface area (Å²) < 4.78 is 48.9. The molecule has 0 amide bonds. The molecule has 0 aliphatic carbocycles. The minimum atomic E-state index is -4.56. The summed E-state index contributed by atoms with van der Waals surface area (Å²) in [5, 5.41) is 11.0. The first-order valence-electron chi connectivity index (χ1n) is 7.20. The minimum Gasteiger partial charge on any atom is -0.330 e. The van der Waals surface area contributed by atoms with E-state index in [1.165, 1.54) is 12.1 Å². The number of benzene rings is 1. The maximum absolute atomic E-state index is 12.9. The van der Waals surface area contributed by atoms with Gasteiger partial charge in [-0.15, -0.1) is 0 Å². The topological polar surface area (TPSA) is 113 Å². The molecule has 0 bridgehead atoms. The lowest BCUT2D eigenvalue weighted by Crippen LogP contribution is -2.15. The van der Waals surface area contributed by atoms with Gasteiger partial charge in [-0.05, 0) is 42.7 Å². The number of aromatic nitrogens is 4. The molecule has 0 radical (unpaired) electrons. The van der Waals surface area contributed by atoms with Gasteiger partial charge in [0.1, 0.15) is 5.69 Å². The van der Waals surface area contributed by atoms with Crippen molar-refractivity contribution in [2.45, 2.75) is 19.0 Å². The van der Waals surface area contributed by atoms with E-state index in [1.807, 2.05) is 0 Å². The Morgan fingerprint density at radius 1 is 1.20 bits per heavy atom. The van der Waals surface area contributed by atoms with Crippen LogP contribution in [0, 0.1) is 0 Å². The van der Waals surface area contributed by atoms with Crippen LogP contribution < -0.4 is 11.5 Å². The predicted octanol–water partition coefficient (Wildman–Crippen LogP) is 1.79. The highest BCUT2D eigenvalue weighted by molar-refractivity contribution is 5.55. The van der Waals surface area contributed by atoms with Gasteiger partial charge in [-0.1, -0.05) is 16.4 Å². The fourth-order valence-electron chi connectivity index (χ4n) is 2.26. The summed E-state index contributed by atoms with van der Waals surface area (Å²) in [4.78, 5) is 12.0. The molecule has 3 rings (SSSR count). The molecule has 2 N–H and O–H groups in total. The first-order valence-corrected chi connectivity index (χ1v) is 7.20. The van der Waals surface area contributed by atoms with Crippen LogP contribution in [0.3, 0.4) is 0 Å². The number of nitrogens with zero attached hydrogens (tertiary/aromatic N) is 4. The zero-order valence-corrected chi connectivity index (χ0v) is 12.7. The molecule has 0 atom stereocenters. The smallest absolute Gasteiger partial charge is 0.330 e. The van der Waals surface area contributed by atoms with Crippen LogP contribution in [-0.4, -0.2) is 26.6 Å². The lowest BCUT2D eigenvalue weighted by Gasteiger charge is -2.09. The maximum Gasteiger partial charge on any atom is 0.446 e. The Balaban J connectivity index is 2.10. The van der Waals surface area contributed by atoms with Crippen LogP contribution in [0.4, 0.5) is 13.2 Å². The Hall–Kier alpha value is -2.95. The van der Waals surface area contributed by atoms with E-state index in [0.29, 0.717) is 25.1 Å². The largest absolute Gasteiger partial charge is 0.446 e. The molecule has 8 nitrogen and oxygen atoms in total. The average molecular weight is 355 g/mol. The highest BCUT2D eigenvalue weighted by Crippen LogP contribution is 2.31. The Morgan fingerprint density at radius 3 is 2.72 bits per heavy atom. The number of nitrogens with two attached hydrogens (primary N) is 1. The summed E-state index contributed by atoms with van der Waals surface area (Å²) in [5.74, 6) is -1.06. The van der Waals surface area contributed by atoms with Crippen molar-refractivity contribution in [3.63, 3.8) is 0 Å². The molecule has 0 unspecified atom stereocenters. The van der Waals surface area contributed by atoms with Crippen LogP contribution in [0.25, 0.3) is 17.2 Å². The van der Waals surface area contributed by atoms with Crippen LogP contribution in [0.2, 0.25) is 0 Å². The number of rotatable bonds is 5. The van der Waals surface area contributed by atoms with Crippen molar-refractivity contribution in [2.75, 3.05) is 6.54 Å². The number of hydrogen-bond donors (Lipinski definition) is 1. The van der Waals surface area contributed by atoms with Gasteiger partial charge >= 0.3 is 11.9 Å². The van der Waals surface area contributed by atoms with E-state index in [0.717, 1.165) is 16.7 Å². The number of hydrogen-bond acceptors (Lipinski definition) is 7. The zero-order valence-electron chi connectivity index (χ0n) is 12.7. The molecular formula is C14H12F3N5O3. The van der Waals surface area contributed by atoms with Gasteiger partial charge in [0.25, 0.3) is 0 Å². The highest BCUT2D eigenvalue weighted by Gasteiger charge is 2.31. The maximum atomic E-state index is 12.9. The second-order valence-electron chi connectivity index (χ2n) is 5.11.